The molecule has 3 fully saturated rings. The van der Waals surface area contributed by atoms with E-state index in [9.17, 15) is 45.0 Å². The Morgan fingerprint density at radius 2 is 0.812 bits per heavy atom. The monoisotopic (exact) mass is 922 g/mol. The smallest absolute Gasteiger partial charge is 0.217 e. The molecule has 0 spiro atoms. The maximum Gasteiger partial charge on any atom is 0.217 e. The third kappa shape index (κ3) is 8.33. The van der Waals surface area contributed by atoms with Crippen molar-refractivity contribution in [3.8, 4) is 0 Å². The highest BCUT2D eigenvalue weighted by Gasteiger charge is 2.75. The van der Waals surface area contributed by atoms with Crippen molar-refractivity contribution in [3.63, 3.8) is 0 Å². The van der Waals surface area contributed by atoms with Crippen LogP contribution >= 0.6 is 0 Å². The maximum absolute atomic E-state index is 13.1. The van der Waals surface area contributed by atoms with E-state index in [1.165, 1.54) is 48.8 Å². The minimum absolute atomic E-state index is 0.0523. The van der Waals surface area contributed by atoms with Crippen LogP contribution in [0.15, 0.2) is 0 Å². The van der Waals surface area contributed by atoms with E-state index in [0.29, 0.717) is 0 Å². The van der Waals surface area contributed by atoms with Gasteiger partial charge in [-0.15, -0.1) is 0 Å². The van der Waals surface area contributed by atoms with Gasteiger partial charge >= 0.3 is 0 Å². The SMILES string of the molecule is COC[C@]1(C)OC(C)(CO)[C@@H](COC[C@]2(C)OC(C)(CO)[C@@H](COC[C@]3(C)OC(C)(CO)[C@@](C)(COC)[C@@](C)(O)C3(C)NC(C)=O)[C@@](C)(O)C2(C)NC(C)=O)[C@@](C)(O)C1(C)NC(C)=O. The zero-order chi connectivity index (χ0) is 49.8. The van der Waals surface area contributed by atoms with Crippen LogP contribution in [0.25, 0.3) is 0 Å². The average Bonchev–Trinajstić information content (AvgIpc) is 3.15. The fourth-order valence-corrected chi connectivity index (χ4v) is 11.7. The molecule has 15 atom stereocenters. The molecule has 0 aromatic heterocycles. The van der Waals surface area contributed by atoms with E-state index >= 15 is 0 Å². The van der Waals surface area contributed by atoms with Crippen LogP contribution in [0.5, 0.6) is 0 Å². The van der Waals surface area contributed by atoms with Crippen molar-refractivity contribution < 1.29 is 78.2 Å². The molecule has 0 aromatic carbocycles. The van der Waals surface area contributed by atoms with Gasteiger partial charge in [0.1, 0.15) is 16.8 Å². The molecule has 3 heterocycles. The molecule has 19 heteroatoms. The summed E-state index contributed by atoms with van der Waals surface area (Å²) in [6.07, 6.45) is 0. The maximum atomic E-state index is 13.1. The normalized spacial score (nSPS) is 48.4. The Balaban J connectivity index is 2.07. The number of hydrogen-bond donors (Lipinski definition) is 9. The summed E-state index contributed by atoms with van der Waals surface area (Å²) in [5.74, 6) is -3.55. The average molecular weight is 922 g/mol. The number of ether oxygens (including phenoxy) is 7. The molecule has 0 bridgehead atoms. The summed E-state index contributed by atoms with van der Waals surface area (Å²) in [7, 11) is 2.92. The Kier molecular flexibility index (Phi) is 15.9. The van der Waals surface area contributed by atoms with E-state index < -0.39 is 122 Å². The summed E-state index contributed by atoms with van der Waals surface area (Å²) >= 11 is 0. The number of rotatable bonds is 18. The predicted octanol–water partition coefficient (Wildman–Crippen LogP) is 0.108. The number of nitrogens with one attached hydrogen (secondary N) is 3. The van der Waals surface area contributed by atoms with E-state index in [0.717, 1.165) is 0 Å². The summed E-state index contributed by atoms with van der Waals surface area (Å²) in [6, 6.07) is 0. The van der Waals surface area contributed by atoms with Gasteiger partial charge in [-0.25, -0.2) is 0 Å². The molecule has 3 saturated heterocycles. The second-order valence-corrected chi connectivity index (χ2v) is 21.4. The molecule has 374 valence electrons. The Bertz CT molecular complexity index is 1720. The number of methoxy groups -OCH3 is 2. The lowest BCUT2D eigenvalue weighted by atomic mass is 9.51. The zero-order valence-electron chi connectivity index (χ0n) is 41.8. The molecule has 19 nitrogen and oxygen atoms in total. The molecule has 6 unspecified atom stereocenters. The van der Waals surface area contributed by atoms with Crippen LogP contribution in [0.1, 0.15) is 111 Å². The van der Waals surface area contributed by atoms with Crippen LogP contribution < -0.4 is 16.0 Å². The second kappa shape index (κ2) is 18.1. The van der Waals surface area contributed by atoms with Crippen LogP contribution in [0.2, 0.25) is 0 Å². The molecule has 0 radical (unpaired) electrons. The van der Waals surface area contributed by atoms with Gasteiger partial charge in [0.2, 0.25) is 17.7 Å². The first-order chi connectivity index (χ1) is 28.9. The van der Waals surface area contributed by atoms with Gasteiger partial charge in [-0.3, -0.25) is 14.4 Å². The summed E-state index contributed by atoms with van der Waals surface area (Å²) in [5.41, 5.74) is -20.6. The fraction of sp³-hybridized carbons (Fsp3) is 0.933. The third-order valence-corrected chi connectivity index (χ3v) is 17.0. The van der Waals surface area contributed by atoms with Crippen molar-refractivity contribution in [2.24, 2.45) is 17.3 Å². The van der Waals surface area contributed by atoms with Gasteiger partial charge in [-0.2, -0.15) is 0 Å². The van der Waals surface area contributed by atoms with E-state index in [-0.39, 0.29) is 39.6 Å². The molecular formula is C45H83N3O16. The largest absolute Gasteiger partial charge is 0.393 e. The van der Waals surface area contributed by atoms with Gasteiger partial charge in [0.15, 0.2) is 0 Å². The molecular weight excluding hydrogens is 838 g/mol. The van der Waals surface area contributed by atoms with Gasteiger partial charge in [0.05, 0.1) is 115 Å². The van der Waals surface area contributed by atoms with Gasteiger partial charge in [-0.05, 0) is 83.1 Å². The minimum atomic E-state index is -1.96. The summed E-state index contributed by atoms with van der Waals surface area (Å²) in [5, 5.41) is 79.4. The van der Waals surface area contributed by atoms with Crippen molar-refractivity contribution in [3.05, 3.63) is 0 Å². The fourth-order valence-electron chi connectivity index (χ4n) is 11.7. The van der Waals surface area contributed by atoms with E-state index in [1.54, 1.807) is 76.2 Å². The van der Waals surface area contributed by atoms with E-state index in [2.05, 4.69) is 16.0 Å². The van der Waals surface area contributed by atoms with Crippen LogP contribution in [0.4, 0.5) is 0 Å². The Morgan fingerprint density at radius 1 is 0.484 bits per heavy atom. The van der Waals surface area contributed by atoms with Gasteiger partial charge < -0.3 is 79.7 Å². The molecule has 64 heavy (non-hydrogen) atoms. The molecule has 3 rings (SSSR count). The van der Waals surface area contributed by atoms with Gasteiger partial charge in [0.25, 0.3) is 0 Å². The number of carbonyl (C=O) groups is 3. The lowest BCUT2D eigenvalue weighted by Gasteiger charge is -2.69. The third-order valence-electron chi connectivity index (χ3n) is 17.0. The lowest BCUT2D eigenvalue weighted by molar-refractivity contribution is -0.367. The van der Waals surface area contributed by atoms with Crippen molar-refractivity contribution in [1.29, 1.82) is 0 Å². The van der Waals surface area contributed by atoms with Crippen molar-refractivity contribution in [1.82, 2.24) is 16.0 Å². The highest BCUT2D eigenvalue weighted by atomic mass is 16.6. The number of aliphatic hydroxyl groups excluding tert-OH is 3. The van der Waals surface area contributed by atoms with Crippen molar-refractivity contribution in [2.75, 3.05) is 73.7 Å². The topological polar surface area (TPSA) is 273 Å². The molecule has 0 aromatic rings. The van der Waals surface area contributed by atoms with E-state index in [4.69, 9.17) is 33.2 Å². The van der Waals surface area contributed by atoms with Gasteiger partial charge in [-0.1, -0.05) is 6.92 Å². The van der Waals surface area contributed by atoms with Crippen LogP contribution in [0, 0.1) is 17.3 Å². The molecule has 9 N–H and O–H groups in total. The molecule has 3 aliphatic heterocycles. The van der Waals surface area contributed by atoms with Crippen LogP contribution in [-0.4, -0.2) is 189 Å². The highest BCUT2D eigenvalue weighted by Crippen LogP contribution is 2.59. The van der Waals surface area contributed by atoms with Crippen LogP contribution in [0.3, 0.4) is 0 Å². The molecule has 0 aliphatic carbocycles. The van der Waals surface area contributed by atoms with Crippen molar-refractivity contribution >= 4 is 17.7 Å². The minimum Gasteiger partial charge on any atom is -0.393 e. The summed E-state index contributed by atoms with van der Waals surface area (Å²) in [6.45, 7) is 21.7. The van der Waals surface area contributed by atoms with E-state index in [1.807, 2.05) is 0 Å². The molecule has 3 amide bonds. The number of amides is 3. The lowest BCUT2D eigenvalue weighted by Crippen LogP contribution is -2.87. The highest BCUT2D eigenvalue weighted by molar-refractivity contribution is 5.75. The summed E-state index contributed by atoms with van der Waals surface area (Å²) < 4.78 is 44.1. The second-order valence-electron chi connectivity index (χ2n) is 21.4. The summed E-state index contributed by atoms with van der Waals surface area (Å²) in [4.78, 5) is 38.5. The first kappa shape index (κ1) is 56.2. The number of aliphatic hydroxyl groups is 6. The standard InChI is InChI=1S/C45H83N3O16/c1-28(52)46-42(13)37(8,25-59-18)62-33(4,21-49)31(40(42,11)55)19-60-26-38(9)43(14,47-29(2)53)41(12,56)32(34(5,22-50)63-38)20-61-27-39(10)44(15,48-30(3)54)45(16,57)35(6,24-58-17)36(7,23-51)64-39/h31-32,49-51,55-57H,19-27H2,1-18H3,(H,46,52)(H,47,53)(H,48,54)/t31-,32-,33?,34?,35-,36?,37+,38+,39+,40-,41-,42?,43?,44?,45-/m1/s1. The molecule has 3 aliphatic rings. The first-order valence-electron chi connectivity index (χ1n) is 22.0. The van der Waals surface area contributed by atoms with Gasteiger partial charge in [0, 0.05) is 46.8 Å². The van der Waals surface area contributed by atoms with Crippen molar-refractivity contribution in [2.45, 2.75) is 178 Å². The molecule has 0 saturated carbocycles. The number of hydrogen-bond acceptors (Lipinski definition) is 16. The quantitative estimate of drug-likeness (QED) is 0.0883. The van der Waals surface area contributed by atoms with Crippen LogP contribution in [-0.2, 0) is 47.5 Å². The Morgan fingerprint density at radius 3 is 1.12 bits per heavy atom. The first-order valence-corrected chi connectivity index (χ1v) is 22.0. The zero-order valence-corrected chi connectivity index (χ0v) is 41.8. The number of carbonyl (C=O) groups excluding carboxylic acids is 3. The Labute approximate surface area is 379 Å². The predicted molar refractivity (Wildman–Crippen MR) is 234 cm³/mol. The Hall–Kier alpha value is -2.11.